The Kier molecular flexibility index (Phi) is 4.64. The second kappa shape index (κ2) is 5.78. The zero-order valence-corrected chi connectivity index (χ0v) is 11.2. The van der Waals surface area contributed by atoms with Gasteiger partial charge in [0.2, 0.25) is 5.91 Å². The molecule has 17 heavy (non-hydrogen) atoms. The number of amides is 1. The molecule has 1 atom stereocenters. The van der Waals surface area contributed by atoms with Crippen molar-refractivity contribution in [1.29, 1.82) is 0 Å². The molecule has 0 aliphatic carbocycles. The highest BCUT2D eigenvalue weighted by Crippen LogP contribution is 2.26. The highest BCUT2D eigenvalue weighted by molar-refractivity contribution is 9.10. The average molecular weight is 303 g/mol. The van der Waals surface area contributed by atoms with Crippen molar-refractivity contribution < 1.29 is 4.79 Å². The summed E-state index contributed by atoms with van der Waals surface area (Å²) in [5.41, 5.74) is 7.72. The number of hydrogen-bond donors (Lipinski definition) is 4. The maximum atomic E-state index is 11.3. The van der Waals surface area contributed by atoms with Crippen LogP contribution in [0.25, 0.3) is 0 Å². The quantitative estimate of drug-likeness (QED) is 0.463. The molecule has 1 unspecified atom stereocenters. The van der Waals surface area contributed by atoms with Crippen molar-refractivity contribution in [1.82, 2.24) is 9.97 Å². The number of nitrogen functional groups attached to an aromatic ring is 1. The molecule has 0 bridgehead atoms. The van der Waals surface area contributed by atoms with E-state index in [1.54, 1.807) is 0 Å². The van der Waals surface area contributed by atoms with Crippen LogP contribution in [0.5, 0.6) is 0 Å². The minimum atomic E-state index is -0.508. The molecule has 8 heteroatoms. The van der Waals surface area contributed by atoms with Crippen LogP contribution < -0.4 is 22.3 Å². The average Bonchev–Trinajstić information content (AvgIpc) is 2.26. The van der Waals surface area contributed by atoms with E-state index in [-0.39, 0.29) is 5.92 Å². The van der Waals surface area contributed by atoms with Crippen LogP contribution in [0.4, 0.5) is 11.6 Å². The molecule has 0 aromatic carbocycles. The molecule has 0 saturated carbocycles. The van der Waals surface area contributed by atoms with Crippen LogP contribution in [0.15, 0.2) is 10.8 Å². The smallest absolute Gasteiger partial charge is 0.240 e. The number of primary amides is 1. The van der Waals surface area contributed by atoms with E-state index in [0.29, 0.717) is 16.1 Å². The summed E-state index contributed by atoms with van der Waals surface area (Å²) in [6.07, 6.45) is 1.33. The van der Waals surface area contributed by atoms with Crippen LogP contribution in [0.1, 0.15) is 13.8 Å². The largest absolute Gasteiger partial charge is 0.368 e. The Morgan fingerprint density at radius 2 is 2.00 bits per heavy atom. The summed E-state index contributed by atoms with van der Waals surface area (Å²) in [6.45, 7) is 3.78. The number of anilines is 2. The van der Waals surface area contributed by atoms with Crippen molar-refractivity contribution in [2.75, 3.05) is 10.7 Å². The van der Waals surface area contributed by atoms with E-state index in [9.17, 15) is 4.79 Å². The summed E-state index contributed by atoms with van der Waals surface area (Å²) in [5.74, 6) is 5.78. The number of rotatable bonds is 5. The first kappa shape index (κ1) is 13.7. The maximum Gasteiger partial charge on any atom is 0.240 e. The molecule has 0 saturated heterocycles. The van der Waals surface area contributed by atoms with Gasteiger partial charge in [-0.3, -0.25) is 4.79 Å². The first-order valence-corrected chi connectivity index (χ1v) is 5.79. The normalized spacial score (nSPS) is 12.3. The molecule has 1 amide bonds. The van der Waals surface area contributed by atoms with Crippen LogP contribution in [-0.4, -0.2) is 21.9 Å². The number of nitrogens with two attached hydrogens (primary N) is 2. The van der Waals surface area contributed by atoms with E-state index in [2.05, 4.69) is 36.6 Å². The molecule has 1 aromatic rings. The number of aromatic nitrogens is 2. The number of hydrogen-bond acceptors (Lipinski definition) is 6. The highest BCUT2D eigenvalue weighted by atomic mass is 79.9. The van der Waals surface area contributed by atoms with Gasteiger partial charge in [0.25, 0.3) is 0 Å². The molecule has 1 heterocycles. The number of nitrogens with zero attached hydrogens (tertiary/aromatic N) is 2. The van der Waals surface area contributed by atoms with Crippen molar-refractivity contribution >= 4 is 33.5 Å². The fraction of sp³-hybridized carbons (Fsp3) is 0.444. The van der Waals surface area contributed by atoms with E-state index in [0.717, 1.165) is 0 Å². The SMILES string of the molecule is CC(C)C(Nc1ncnc(NN)c1Br)C(N)=O. The van der Waals surface area contributed by atoms with Gasteiger partial charge in [-0.15, -0.1) is 0 Å². The Morgan fingerprint density at radius 1 is 1.41 bits per heavy atom. The number of carbonyl (C=O) groups is 1. The van der Waals surface area contributed by atoms with E-state index in [4.69, 9.17) is 11.6 Å². The predicted octanol–water partition coefficient (Wildman–Crippen LogP) is 0.446. The zero-order chi connectivity index (χ0) is 13.0. The lowest BCUT2D eigenvalue weighted by atomic mass is 10.0. The third kappa shape index (κ3) is 3.27. The molecule has 0 spiro atoms. The number of nitrogens with one attached hydrogen (secondary N) is 2. The van der Waals surface area contributed by atoms with Gasteiger partial charge in [-0.2, -0.15) is 0 Å². The molecule has 0 radical (unpaired) electrons. The maximum absolute atomic E-state index is 11.3. The standard InChI is InChI=1S/C9H15BrN6O/c1-4(2)6(7(11)17)15-8-5(10)9(16-12)14-3-13-8/h3-4,6H,12H2,1-2H3,(H2,11,17)(H2,13,14,15,16). The van der Waals surface area contributed by atoms with Crippen molar-refractivity contribution in [3.05, 3.63) is 10.8 Å². The first-order chi connectivity index (χ1) is 7.97. The van der Waals surface area contributed by atoms with Gasteiger partial charge in [-0.05, 0) is 21.8 Å². The molecule has 7 nitrogen and oxygen atoms in total. The fourth-order valence-corrected chi connectivity index (χ4v) is 1.72. The second-order valence-corrected chi connectivity index (χ2v) is 4.59. The van der Waals surface area contributed by atoms with Gasteiger partial charge in [0.15, 0.2) is 5.82 Å². The van der Waals surface area contributed by atoms with Crippen LogP contribution >= 0.6 is 15.9 Å². The van der Waals surface area contributed by atoms with E-state index in [1.165, 1.54) is 6.33 Å². The van der Waals surface area contributed by atoms with Gasteiger partial charge >= 0.3 is 0 Å². The Balaban J connectivity index is 2.97. The summed E-state index contributed by atoms with van der Waals surface area (Å²) in [6, 6.07) is -0.508. The lowest BCUT2D eigenvalue weighted by molar-refractivity contribution is -0.119. The molecule has 1 aromatic heterocycles. The summed E-state index contributed by atoms with van der Waals surface area (Å²) in [7, 11) is 0. The van der Waals surface area contributed by atoms with Crippen molar-refractivity contribution in [2.24, 2.45) is 17.5 Å². The van der Waals surface area contributed by atoms with Gasteiger partial charge in [0.05, 0.1) is 0 Å². The summed E-state index contributed by atoms with van der Waals surface area (Å²) in [4.78, 5) is 19.2. The Bertz CT molecular complexity index is 410. The number of hydrazine groups is 1. The van der Waals surface area contributed by atoms with Gasteiger partial charge in [-0.25, -0.2) is 15.8 Å². The van der Waals surface area contributed by atoms with E-state index >= 15 is 0 Å². The Labute approximate surface area is 107 Å². The van der Waals surface area contributed by atoms with E-state index in [1.807, 2.05) is 13.8 Å². The molecule has 0 aliphatic heterocycles. The zero-order valence-electron chi connectivity index (χ0n) is 9.57. The van der Waals surface area contributed by atoms with Gasteiger partial charge in [-0.1, -0.05) is 13.8 Å². The van der Waals surface area contributed by atoms with Crippen molar-refractivity contribution in [2.45, 2.75) is 19.9 Å². The molecular weight excluding hydrogens is 288 g/mol. The summed E-state index contributed by atoms with van der Waals surface area (Å²) >= 11 is 3.29. The van der Waals surface area contributed by atoms with Gasteiger partial charge in [0, 0.05) is 0 Å². The number of halogens is 1. The molecular formula is C9H15BrN6O. The third-order valence-electron chi connectivity index (χ3n) is 2.19. The molecule has 0 aliphatic rings. The Hall–Kier alpha value is -1.41. The van der Waals surface area contributed by atoms with E-state index < -0.39 is 11.9 Å². The molecule has 0 fully saturated rings. The fourth-order valence-electron chi connectivity index (χ4n) is 1.28. The summed E-state index contributed by atoms with van der Waals surface area (Å²) < 4.78 is 0.550. The van der Waals surface area contributed by atoms with Crippen molar-refractivity contribution in [3.8, 4) is 0 Å². The van der Waals surface area contributed by atoms with Crippen LogP contribution in [0.2, 0.25) is 0 Å². The van der Waals surface area contributed by atoms with Gasteiger partial charge < -0.3 is 16.5 Å². The minimum Gasteiger partial charge on any atom is -0.368 e. The van der Waals surface area contributed by atoms with Crippen LogP contribution in [0.3, 0.4) is 0 Å². The lowest BCUT2D eigenvalue weighted by Crippen LogP contribution is -2.39. The third-order valence-corrected chi connectivity index (χ3v) is 2.94. The predicted molar refractivity (Wildman–Crippen MR) is 69.0 cm³/mol. The van der Waals surface area contributed by atoms with Gasteiger partial charge in [0.1, 0.15) is 22.7 Å². The highest BCUT2D eigenvalue weighted by Gasteiger charge is 2.21. The first-order valence-electron chi connectivity index (χ1n) is 5.00. The van der Waals surface area contributed by atoms with Crippen LogP contribution in [-0.2, 0) is 4.79 Å². The molecule has 6 N–H and O–H groups in total. The van der Waals surface area contributed by atoms with Crippen LogP contribution in [0, 0.1) is 5.92 Å². The Morgan fingerprint density at radius 3 is 2.47 bits per heavy atom. The lowest BCUT2D eigenvalue weighted by Gasteiger charge is -2.20. The number of carbonyl (C=O) groups excluding carboxylic acids is 1. The monoisotopic (exact) mass is 302 g/mol. The second-order valence-electron chi connectivity index (χ2n) is 3.80. The molecule has 1 rings (SSSR count). The summed E-state index contributed by atoms with van der Waals surface area (Å²) in [5, 5.41) is 2.95. The van der Waals surface area contributed by atoms with Crippen molar-refractivity contribution in [3.63, 3.8) is 0 Å². The molecule has 94 valence electrons. The minimum absolute atomic E-state index is 0.0450. The topological polar surface area (TPSA) is 119 Å².